The van der Waals surface area contributed by atoms with Crippen LogP contribution < -0.4 is 5.32 Å². The van der Waals surface area contributed by atoms with Crippen molar-refractivity contribution in [3.05, 3.63) is 46.1 Å². The van der Waals surface area contributed by atoms with E-state index in [-0.39, 0.29) is 24.9 Å². The van der Waals surface area contributed by atoms with Gasteiger partial charge >= 0.3 is 12.0 Å². The van der Waals surface area contributed by atoms with Crippen LogP contribution in [0.5, 0.6) is 0 Å². The van der Waals surface area contributed by atoms with Crippen molar-refractivity contribution in [2.75, 3.05) is 6.54 Å². The molecule has 2 amide bonds. The van der Waals surface area contributed by atoms with Gasteiger partial charge in [0.1, 0.15) is 0 Å². The second-order valence-corrected chi connectivity index (χ2v) is 9.95. The number of carbonyl (C=O) groups is 2. The van der Waals surface area contributed by atoms with Crippen molar-refractivity contribution in [3.63, 3.8) is 0 Å². The predicted molar refractivity (Wildman–Crippen MR) is 120 cm³/mol. The number of hydrogen-bond acceptors (Lipinski definition) is 2. The third-order valence-electron chi connectivity index (χ3n) is 6.81. The Morgan fingerprint density at radius 2 is 1.97 bits per heavy atom. The number of nitrogens with zero attached hydrogens (tertiary/aromatic N) is 1. The van der Waals surface area contributed by atoms with Crippen LogP contribution in [-0.4, -0.2) is 28.6 Å². The van der Waals surface area contributed by atoms with E-state index in [1.807, 2.05) is 19.2 Å². The van der Waals surface area contributed by atoms with E-state index >= 15 is 0 Å². The second-order valence-electron chi connectivity index (χ2n) is 9.54. The van der Waals surface area contributed by atoms with Gasteiger partial charge in [-0.1, -0.05) is 51.4 Å². The van der Waals surface area contributed by atoms with Gasteiger partial charge in [0.25, 0.3) is 0 Å². The summed E-state index contributed by atoms with van der Waals surface area (Å²) in [5.41, 5.74) is 2.48. The van der Waals surface area contributed by atoms with E-state index in [2.05, 4.69) is 45.1 Å². The molecule has 1 saturated carbocycles. The Bertz CT molecular complexity index is 858. The number of hydrogen-bond donors (Lipinski definition) is 2. The average molecular weight is 433 g/mol. The van der Waals surface area contributed by atoms with Crippen LogP contribution in [0.1, 0.15) is 70.9 Å². The first-order valence-corrected chi connectivity index (χ1v) is 11.2. The summed E-state index contributed by atoms with van der Waals surface area (Å²) in [6.07, 6.45) is 4.08. The van der Waals surface area contributed by atoms with Crippen LogP contribution in [0.3, 0.4) is 0 Å². The Hall–Kier alpha value is -2.01. The van der Waals surface area contributed by atoms with Gasteiger partial charge in [0, 0.05) is 17.8 Å². The summed E-state index contributed by atoms with van der Waals surface area (Å²) in [6, 6.07) is 5.89. The van der Waals surface area contributed by atoms with E-state index < -0.39 is 11.5 Å². The molecule has 1 aliphatic carbocycles. The molecule has 0 saturated heterocycles. The van der Waals surface area contributed by atoms with Gasteiger partial charge in [-0.3, -0.25) is 4.79 Å². The van der Waals surface area contributed by atoms with Crippen molar-refractivity contribution in [2.24, 2.45) is 17.8 Å². The Labute approximate surface area is 184 Å². The predicted octanol–water partition coefficient (Wildman–Crippen LogP) is 5.74. The summed E-state index contributed by atoms with van der Waals surface area (Å²) in [5, 5.41) is 12.8. The lowest BCUT2D eigenvalue weighted by atomic mass is 9.66. The number of carbonyl (C=O) groups excluding carboxylic acids is 1. The molecule has 1 atom stereocenters. The minimum absolute atomic E-state index is 0.0920. The zero-order valence-corrected chi connectivity index (χ0v) is 19.3. The Morgan fingerprint density at radius 1 is 1.30 bits per heavy atom. The Kier molecular flexibility index (Phi) is 6.51. The van der Waals surface area contributed by atoms with E-state index in [4.69, 9.17) is 16.7 Å². The molecule has 1 aliphatic heterocycles. The van der Waals surface area contributed by atoms with Crippen molar-refractivity contribution in [1.82, 2.24) is 10.2 Å². The Morgan fingerprint density at radius 3 is 2.50 bits per heavy atom. The maximum Gasteiger partial charge on any atom is 0.322 e. The molecule has 0 radical (unpaired) electrons. The minimum Gasteiger partial charge on any atom is -0.481 e. The summed E-state index contributed by atoms with van der Waals surface area (Å²) in [6.45, 7) is 10.8. The van der Waals surface area contributed by atoms with Crippen LogP contribution in [0.4, 0.5) is 4.79 Å². The fraction of sp³-hybridized carbons (Fsp3) is 0.583. The quantitative estimate of drug-likeness (QED) is 0.576. The molecular weight excluding hydrogens is 400 g/mol. The van der Waals surface area contributed by atoms with Gasteiger partial charge in [-0.25, -0.2) is 4.79 Å². The summed E-state index contributed by atoms with van der Waals surface area (Å²) in [7, 11) is 0. The number of aliphatic carboxylic acids is 1. The number of halogens is 1. The molecule has 0 spiro atoms. The lowest BCUT2D eigenvalue weighted by molar-refractivity contribution is -0.137. The summed E-state index contributed by atoms with van der Waals surface area (Å²) < 4.78 is 0. The molecule has 1 unspecified atom stereocenters. The number of benzene rings is 1. The van der Waals surface area contributed by atoms with E-state index in [1.54, 1.807) is 0 Å². The van der Waals surface area contributed by atoms with Gasteiger partial charge in [0.15, 0.2) is 0 Å². The minimum atomic E-state index is -0.922. The van der Waals surface area contributed by atoms with Gasteiger partial charge in [0.2, 0.25) is 0 Å². The van der Waals surface area contributed by atoms with Crippen molar-refractivity contribution in [3.8, 4) is 0 Å². The molecule has 30 heavy (non-hydrogen) atoms. The highest BCUT2D eigenvalue weighted by molar-refractivity contribution is 6.31. The van der Waals surface area contributed by atoms with Crippen LogP contribution >= 0.6 is 11.6 Å². The summed E-state index contributed by atoms with van der Waals surface area (Å²) in [5.74, 6) is 1.24. The highest BCUT2D eigenvalue weighted by atomic mass is 35.5. The normalized spacial score (nSPS) is 26.5. The molecule has 2 aliphatic rings. The zero-order chi connectivity index (χ0) is 22.2. The van der Waals surface area contributed by atoms with Crippen molar-refractivity contribution in [2.45, 2.75) is 65.3 Å². The molecule has 0 bridgehead atoms. The van der Waals surface area contributed by atoms with Gasteiger partial charge in [-0.15, -0.1) is 0 Å². The first-order chi connectivity index (χ1) is 14.0. The second kappa shape index (κ2) is 8.62. The molecule has 1 aromatic rings. The first-order valence-electron chi connectivity index (χ1n) is 10.9. The molecule has 6 heteroatoms. The van der Waals surface area contributed by atoms with Crippen LogP contribution in [0.15, 0.2) is 30.0 Å². The molecule has 5 nitrogen and oxygen atoms in total. The van der Waals surface area contributed by atoms with Crippen molar-refractivity contribution >= 4 is 23.6 Å². The monoisotopic (exact) mass is 432 g/mol. The number of carboxylic acids is 1. The van der Waals surface area contributed by atoms with E-state index in [9.17, 15) is 9.59 Å². The summed E-state index contributed by atoms with van der Waals surface area (Å²) >= 11 is 6.71. The van der Waals surface area contributed by atoms with Crippen LogP contribution in [0.2, 0.25) is 5.02 Å². The smallest absolute Gasteiger partial charge is 0.322 e. The molecule has 1 aromatic carbocycles. The third kappa shape index (κ3) is 4.36. The SMILES string of the molecule is CC(C)C1=CN(CCC(=O)O)C(=O)NC1(C)c1ccc(C2CC(C(C)C)C2)c(Cl)c1. The fourth-order valence-electron chi connectivity index (χ4n) is 4.69. The van der Waals surface area contributed by atoms with Gasteiger partial charge in [-0.05, 0) is 66.2 Å². The van der Waals surface area contributed by atoms with E-state index in [0.717, 1.165) is 22.1 Å². The highest BCUT2D eigenvalue weighted by Crippen LogP contribution is 2.48. The fourth-order valence-corrected chi connectivity index (χ4v) is 5.03. The Balaban J connectivity index is 1.88. The van der Waals surface area contributed by atoms with Gasteiger partial charge in [0.05, 0.1) is 12.0 Å². The number of carboxylic acid groups (broad SMARTS) is 1. The third-order valence-corrected chi connectivity index (χ3v) is 7.14. The van der Waals surface area contributed by atoms with Crippen molar-refractivity contribution in [1.29, 1.82) is 0 Å². The molecule has 3 rings (SSSR count). The van der Waals surface area contributed by atoms with Crippen LogP contribution in [0.25, 0.3) is 0 Å². The van der Waals surface area contributed by atoms with E-state index in [1.165, 1.54) is 23.3 Å². The molecule has 2 N–H and O–H groups in total. The maximum atomic E-state index is 12.7. The number of amides is 2. The van der Waals surface area contributed by atoms with Crippen LogP contribution in [-0.2, 0) is 10.3 Å². The standard InChI is InChI=1S/C24H33ClN2O3/c1-14(2)16-10-17(11-16)19-7-6-18(12-21(19)25)24(5)20(15(3)4)13-27(23(30)26-24)9-8-22(28)29/h6-7,12-17H,8-11H2,1-5H3,(H,26,30)(H,28,29). The molecule has 164 valence electrons. The highest BCUT2D eigenvalue weighted by Gasteiger charge is 2.40. The topological polar surface area (TPSA) is 69.6 Å². The van der Waals surface area contributed by atoms with Crippen LogP contribution in [0, 0.1) is 17.8 Å². The maximum absolute atomic E-state index is 12.7. The van der Waals surface area contributed by atoms with Gasteiger partial charge < -0.3 is 15.3 Å². The molecule has 1 fully saturated rings. The van der Waals surface area contributed by atoms with Crippen molar-refractivity contribution < 1.29 is 14.7 Å². The molecule has 0 aromatic heterocycles. The average Bonchev–Trinajstić information content (AvgIpc) is 2.60. The first kappa shape index (κ1) is 22.7. The molecular formula is C24H33ClN2O3. The largest absolute Gasteiger partial charge is 0.481 e. The zero-order valence-electron chi connectivity index (χ0n) is 18.5. The lowest BCUT2D eigenvalue weighted by Gasteiger charge is -2.43. The summed E-state index contributed by atoms with van der Waals surface area (Å²) in [4.78, 5) is 25.1. The number of urea groups is 1. The number of rotatable bonds is 7. The van der Waals surface area contributed by atoms with E-state index in [0.29, 0.717) is 11.8 Å². The molecule has 1 heterocycles. The van der Waals surface area contributed by atoms with Gasteiger partial charge in [-0.2, -0.15) is 0 Å². The lowest BCUT2D eigenvalue weighted by Crippen LogP contribution is -2.55. The number of nitrogens with one attached hydrogen (secondary N) is 1.